The summed E-state index contributed by atoms with van der Waals surface area (Å²) < 4.78 is 7.21. The lowest BCUT2D eigenvalue weighted by Crippen LogP contribution is -2.57. The summed E-state index contributed by atoms with van der Waals surface area (Å²) in [4.78, 5) is 53.0. The van der Waals surface area contributed by atoms with E-state index >= 15 is 0 Å². The fourth-order valence-corrected chi connectivity index (χ4v) is 6.08. The highest BCUT2D eigenvalue weighted by Gasteiger charge is 2.44. The van der Waals surface area contributed by atoms with Crippen molar-refractivity contribution in [2.24, 2.45) is 7.05 Å². The van der Waals surface area contributed by atoms with Gasteiger partial charge in [-0.2, -0.15) is 5.10 Å². The summed E-state index contributed by atoms with van der Waals surface area (Å²) in [6.45, 7) is 7.08. The van der Waals surface area contributed by atoms with E-state index in [-0.39, 0.29) is 49.6 Å². The van der Waals surface area contributed by atoms with E-state index in [1.807, 2.05) is 33.9 Å². The summed E-state index contributed by atoms with van der Waals surface area (Å²) in [5, 5.41) is 19.1. The van der Waals surface area contributed by atoms with Crippen LogP contribution >= 0.6 is 0 Å². The molecule has 0 radical (unpaired) electrons. The van der Waals surface area contributed by atoms with E-state index in [1.165, 1.54) is 0 Å². The standard InChI is InChI=1S/C29H39N5O6/c1-28(2,3)40-27(38)34-15-11-29(39,12-16-34)26(37)33-13-9-18(10-14-33)19-5-6-20-22(17-19)32(4)31-24(20)21-7-8-23(35)30-25(21)36/h5-6,17-18,21,39H,7-16H2,1-4H3,(H,30,35,36). The number of aromatic nitrogens is 2. The lowest BCUT2D eigenvalue weighted by Gasteiger charge is -2.41. The minimum Gasteiger partial charge on any atom is -0.444 e. The van der Waals surface area contributed by atoms with Gasteiger partial charge in [-0.1, -0.05) is 12.1 Å². The summed E-state index contributed by atoms with van der Waals surface area (Å²) in [6.07, 6.45) is 2.27. The number of likely N-dealkylation sites (tertiary alicyclic amines) is 2. The van der Waals surface area contributed by atoms with Gasteiger partial charge in [-0.15, -0.1) is 0 Å². The largest absolute Gasteiger partial charge is 0.444 e. The first-order valence-corrected chi connectivity index (χ1v) is 14.1. The van der Waals surface area contributed by atoms with Crippen molar-refractivity contribution in [2.75, 3.05) is 26.2 Å². The maximum absolute atomic E-state index is 13.3. The fraction of sp³-hybridized carbons (Fsp3) is 0.621. The zero-order valence-electron chi connectivity index (χ0n) is 23.7. The van der Waals surface area contributed by atoms with Crippen LogP contribution in [0.1, 0.15) is 82.4 Å². The molecule has 11 nitrogen and oxygen atoms in total. The number of imide groups is 1. The Morgan fingerprint density at radius 1 is 1.05 bits per heavy atom. The predicted octanol–water partition coefficient (Wildman–Crippen LogP) is 2.56. The maximum Gasteiger partial charge on any atom is 0.410 e. The number of fused-ring (bicyclic) bond motifs is 1. The van der Waals surface area contributed by atoms with E-state index < -0.39 is 23.2 Å². The highest BCUT2D eigenvalue weighted by molar-refractivity contribution is 6.02. The number of piperidine rings is 3. The minimum absolute atomic E-state index is 0.192. The Morgan fingerprint density at radius 3 is 2.35 bits per heavy atom. The molecule has 4 amide bonds. The van der Waals surface area contributed by atoms with Gasteiger partial charge in [0.2, 0.25) is 11.8 Å². The van der Waals surface area contributed by atoms with Crippen LogP contribution in [0.5, 0.6) is 0 Å². The number of aryl methyl sites for hydroxylation is 1. The first-order valence-electron chi connectivity index (χ1n) is 14.1. The molecular weight excluding hydrogens is 514 g/mol. The number of aliphatic hydroxyl groups is 1. The van der Waals surface area contributed by atoms with Crippen LogP contribution in [0.3, 0.4) is 0 Å². The molecule has 0 spiro atoms. The third-order valence-corrected chi connectivity index (χ3v) is 8.37. The van der Waals surface area contributed by atoms with E-state index in [4.69, 9.17) is 4.74 Å². The number of carbonyl (C=O) groups is 4. The van der Waals surface area contributed by atoms with Crippen molar-refractivity contribution in [1.82, 2.24) is 24.9 Å². The van der Waals surface area contributed by atoms with Crippen molar-refractivity contribution in [3.63, 3.8) is 0 Å². The number of hydrogen-bond donors (Lipinski definition) is 2. The van der Waals surface area contributed by atoms with Crippen molar-refractivity contribution >= 4 is 34.7 Å². The molecule has 3 aliphatic heterocycles. The molecule has 1 atom stereocenters. The highest BCUT2D eigenvalue weighted by Crippen LogP contribution is 2.35. The summed E-state index contributed by atoms with van der Waals surface area (Å²) in [6, 6.07) is 6.19. The second-order valence-electron chi connectivity index (χ2n) is 12.4. The molecule has 1 unspecified atom stereocenters. The number of amides is 4. The molecule has 1 aromatic carbocycles. The molecule has 4 heterocycles. The zero-order chi connectivity index (χ0) is 28.8. The Bertz CT molecular complexity index is 1330. The van der Waals surface area contributed by atoms with Crippen LogP contribution in [-0.2, 0) is 26.2 Å². The van der Waals surface area contributed by atoms with Gasteiger partial charge < -0.3 is 19.6 Å². The van der Waals surface area contributed by atoms with E-state index in [1.54, 1.807) is 14.5 Å². The molecule has 5 rings (SSSR count). The van der Waals surface area contributed by atoms with Gasteiger partial charge in [0.1, 0.15) is 11.2 Å². The maximum atomic E-state index is 13.3. The third-order valence-electron chi connectivity index (χ3n) is 8.37. The van der Waals surface area contributed by atoms with Gasteiger partial charge >= 0.3 is 6.09 Å². The SMILES string of the molecule is Cn1nc(C2CCC(=O)NC2=O)c2ccc(C3CCN(C(=O)C4(O)CCN(C(=O)OC(C)(C)C)CC4)CC3)cc21. The average Bonchev–Trinajstić information content (AvgIpc) is 3.23. The molecule has 2 aromatic rings. The van der Waals surface area contributed by atoms with Crippen molar-refractivity contribution in [1.29, 1.82) is 0 Å². The fourth-order valence-electron chi connectivity index (χ4n) is 6.08. The van der Waals surface area contributed by atoms with Gasteiger partial charge in [0.05, 0.1) is 17.1 Å². The minimum atomic E-state index is -1.47. The Kier molecular flexibility index (Phi) is 7.37. The van der Waals surface area contributed by atoms with Crippen molar-refractivity contribution < 1.29 is 29.0 Å². The average molecular weight is 554 g/mol. The van der Waals surface area contributed by atoms with Crippen LogP contribution in [0.25, 0.3) is 10.9 Å². The highest BCUT2D eigenvalue weighted by atomic mass is 16.6. The van der Waals surface area contributed by atoms with E-state index in [0.29, 0.717) is 31.6 Å². The lowest BCUT2D eigenvalue weighted by molar-refractivity contribution is -0.157. The monoisotopic (exact) mass is 553 g/mol. The lowest BCUT2D eigenvalue weighted by atomic mass is 9.85. The zero-order valence-corrected chi connectivity index (χ0v) is 23.7. The molecular formula is C29H39N5O6. The second-order valence-corrected chi connectivity index (χ2v) is 12.4. The summed E-state index contributed by atoms with van der Waals surface area (Å²) in [7, 11) is 1.86. The molecule has 0 saturated carbocycles. The Hall–Kier alpha value is -3.47. The van der Waals surface area contributed by atoms with Gasteiger partial charge in [-0.05, 0) is 57.6 Å². The number of nitrogens with one attached hydrogen (secondary N) is 1. The smallest absolute Gasteiger partial charge is 0.410 e. The second kappa shape index (κ2) is 10.5. The van der Waals surface area contributed by atoms with Gasteiger partial charge in [0, 0.05) is 57.9 Å². The van der Waals surface area contributed by atoms with Crippen molar-refractivity contribution in [3.05, 3.63) is 29.5 Å². The number of rotatable bonds is 3. The Labute approximate surface area is 233 Å². The van der Waals surface area contributed by atoms with Gasteiger partial charge in [0.25, 0.3) is 5.91 Å². The molecule has 3 fully saturated rings. The van der Waals surface area contributed by atoms with Crippen LogP contribution in [-0.4, -0.2) is 85.9 Å². The Balaban J connectivity index is 1.20. The summed E-state index contributed by atoms with van der Waals surface area (Å²) >= 11 is 0. The normalized spacial score (nSPS) is 22.4. The van der Waals surface area contributed by atoms with Gasteiger partial charge in [-0.25, -0.2) is 4.79 Å². The van der Waals surface area contributed by atoms with Crippen LogP contribution in [0.2, 0.25) is 0 Å². The van der Waals surface area contributed by atoms with Crippen molar-refractivity contribution in [3.8, 4) is 0 Å². The van der Waals surface area contributed by atoms with E-state index in [2.05, 4.69) is 22.5 Å². The van der Waals surface area contributed by atoms with Gasteiger partial charge in [0.15, 0.2) is 0 Å². The predicted molar refractivity (Wildman–Crippen MR) is 146 cm³/mol. The summed E-state index contributed by atoms with van der Waals surface area (Å²) in [5.41, 5.74) is 0.719. The number of benzene rings is 1. The summed E-state index contributed by atoms with van der Waals surface area (Å²) in [5.74, 6) is -0.985. The molecule has 40 heavy (non-hydrogen) atoms. The molecule has 3 saturated heterocycles. The molecule has 11 heteroatoms. The van der Waals surface area contributed by atoms with Crippen LogP contribution in [0.4, 0.5) is 4.79 Å². The van der Waals surface area contributed by atoms with Crippen LogP contribution in [0.15, 0.2) is 18.2 Å². The number of ether oxygens (including phenoxy) is 1. The van der Waals surface area contributed by atoms with Gasteiger partial charge in [-0.3, -0.25) is 24.4 Å². The number of carbonyl (C=O) groups excluding carboxylic acids is 4. The number of nitrogens with zero attached hydrogens (tertiary/aromatic N) is 4. The van der Waals surface area contributed by atoms with Crippen LogP contribution in [0, 0.1) is 0 Å². The topological polar surface area (TPSA) is 134 Å². The van der Waals surface area contributed by atoms with Crippen LogP contribution < -0.4 is 5.32 Å². The number of hydrogen-bond acceptors (Lipinski definition) is 7. The third kappa shape index (κ3) is 5.56. The van der Waals surface area contributed by atoms with Crippen molar-refractivity contribution in [2.45, 2.75) is 82.3 Å². The molecule has 216 valence electrons. The quantitative estimate of drug-likeness (QED) is 0.558. The Morgan fingerprint density at radius 2 is 1.73 bits per heavy atom. The molecule has 2 N–H and O–H groups in total. The molecule has 1 aromatic heterocycles. The first-order chi connectivity index (χ1) is 18.8. The molecule has 0 aliphatic carbocycles. The van der Waals surface area contributed by atoms with E-state index in [0.717, 1.165) is 29.3 Å². The van der Waals surface area contributed by atoms with E-state index in [9.17, 15) is 24.3 Å². The molecule has 3 aliphatic rings. The first kappa shape index (κ1) is 28.1. The molecule has 0 bridgehead atoms.